The molecule has 636 valence electrons. The molecule has 19 aromatic carbocycles. The van der Waals surface area contributed by atoms with E-state index in [9.17, 15) is 15.8 Å². The van der Waals surface area contributed by atoms with E-state index in [1.54, 1.807) is 0 Å². The minimum absolute atomic E-state index is 0.595. The Balaban J connectivity index is 0.000000113. The van der Waals surface area contributed by atoms with Crippen LogP contribution in [0.25, 0.3) is 255 Å². The molecule has 0 saturated carbocycles. The van der Waals surface area contributed by atoms with E-state index in [0.717, 1.165) is 220 Å². The summed E-state index contributed by atoms with van der Waals surface area (Å²) in [6, 6.07) is 152. The first kappa shape index (κ1) is 80.9. The highest BCUT2D eigenvalue weighted by molar-refractivity contribution is 6.23. The fraction of sp³-hybridized carbons (Fsp3) is 0. The van der Waals surface area contributed by atoms with Crippen LogP contribution in [-0.4, -0.2) is 39.9 Å². The smallest absolute Gasteiger partial charge is 0.164 e. The Hall–Kier alpha value is -19.3. The Morgan fingerprint density at radius 1 is 0.175 bits per heavy atom. The number of hydrogen-bond donors (Lipinski definition) is 0. The number of hydrogen-bond acceptors (Lipinski definition) is 14. The van der Waals surface area contributed by atoms with Gasteiger partial charge in [0.25, 0.3) is 0 Å². The molecule has 0 amide bonds. The van der Waals surface area contributed by atoms with Gasteiger partial charge in [0.15, 0.2) is 34.9 Å². The third-order valence-electron chi connectivity index (χ3n) is 25.4. The second-order valence-electron chi connectivity index (χ2n) is 33.6. The summed E-state index contributed by atoms with van der Waals surface area (Å²) in [6.07, 6.45) is 0. The van der Waals surface area contributed by atoms with Gasteiger partial charge in [-0.3, -0.25) is 0 Å². The zero-order chi connectivity index (χ0) is 91.4. The number of rotatable bonds is 12. The maximum atomic E-state index is 10.0. The monoisotopic (exact) mass is 1750 g/mol. The predicted molar refractivity (Wildman–Crippen MR) is 550 cm³/mol. The Bertz CT molecular complexity index is 9400. The molecule has 26 aromatic rings. The van der Waals surface area contributed by atoms with Crippen molar-refractivity contribution in [2.75, 3.05) is 0 Å². The van der Waals surface area contributed by atoms with E-state index in [1.807, 2.05) is 279 Å². The molecule has 0 aliphatic heterocycles. The fourth-order valence-electron chi connectivity index (χ4n) is 18.9. The van der Waals surface area contributed by atoms with Crippen molar-refractivity contribution in [3.8, 4) is 154 Å². The van der Waals surface area contributed by atoms with Crippen LogP contribution >= 0.6 is 0 Å². The van der Waals surface area contributed by atoms with Gasteiger partial charge in [-0.05, 0) is 111 Å². The summed E-state index contributed by atoms with van der Waals surface area (Å²) < 4.78 is 19.3. The molecule has 137 heavy (non-hydrogen) atoms. The second kappa shape index (κ2) is 34.5. The van der Waals surface area contributed by atoms with Crippen molar-refractivity contribution >= 4 is 120 Å². The third kappa shape index (κ3) is 14.9. The Kier molecular flexibility index (Phi) is 20.4. The molecule has 0 unspecified atom stereocenters. The molecule has 0 aliphatic rings. The maximum absolute atomic E-state index is 10.0. The highest BCUT2D eigenvalue weighted by Crippen LogP contribution is 2.47. The number of nitriles is 3. The van der Waals surface area contributed by atoms with Crippen LogP contribution in [0.5, 0.6) is 0 Å². The van der Waals surface area contributed by atoms with Crippen molar-refractivity contribution in [2.24, 2.45) is 0 Å². The summed E-state index contributed by atoms with van der Waals surface area (Å²) in [5.74, 6) is 3.69. The largest absolute Gasteiger partial charge is 0.455 e. The molecule has 0 bridgehead atoms. The van der Waals surface area contributed by atoms with Crippen molar-refractivity contribution in [1.29, 1.82) is 15.8 Å². The molecule has 14 heteroatoms. The Morgan fingerprint density at radius 3 is 0.847 bits per heavy atom. The van der Waals surface area contributed by atoms with Gasteiger partial charge < -0.3 is 13.3 Å². The van der Waals surface area contributed by atoms with Crippen LogP contribution in [0, 0.1) is 34.0 Å². The molecule has 7 heterocycles. The zero-order valence-corrected chi connectivity index (χ0v) is 73.1. The van der Waals surface area contributed by atoms with E-state index in [-0.39, 0.29) is 0 Å². The Morgan fingerprint density at radius 2 is 0.445 bits per heavy atom. The van der Waals surface area contributed by atoms with Crippen molar-refractivity contribution in [3.63, 3.8) is 0 Å². The summed E-state index contributed by atoms with van der Waals surface area (Å²) in [5.41, 5.74) is 26.1. The lowest BCUT2D eigenvalue weighted by atomic mass is 9.94. The first-order valence-corrected chi connectivity index (χ1v) is 45.0. The molecule has 0 N–H and O–H groups in total. The lowest BCUT2D eigenvalue weighted by Crippen LogP contribution is -2.00. The van der Waals surface area contributed by atoms with Gasteiger partial charge in [-0.1, -0.05) is 364 Å². The summed E-state index contributed by atoms with van der Waals surface area (Å²) in [7, 11) is 0. The summed E-state index contributed by atoms with van der Waals surface area (Å²) in [5, 5.41) is 43.2. The highest BCUT2D eigenvalue weighted by atomic mass is 16.3. The molecule has 26 rings (SSSR count). The van der Waals surface area contributed by atoms with Gasteiger partial charge in [-0.15, -0.1) is 0 Å². The molecule has 0 radical (unpaired) electrons. The predicted octanol–water partition coefficient (Wildman–Crippen LogP) is 31.3. The molecule has 0 spiro atoms. The van der Waals surface area contributed by atoms with E-state index >= 15 is 0 Å². The minimum atomic E-state index is 0.595. The minimum Gasteiger partial charge on any atom is -0.455 e. The molecular formula is C123H71N11O3. The first-order chi connectivity index (χ1) is 67.7. The fourth-order valence-corrected chi connectivity index (χ4v) is 18.9. The average molecular weight is 1750 g/mol. The third-order valence-corrected chi connectivity index (χ3v) is 25.4. The van der Waals surface area contributed by atoms with Crippen LogP contribution in [0.1, 0.15) is 16.7 Å². The molecule has 0 aliphatic carbocycles. The van der Waals surface area contributed by atoms with Crippen LogP contribution < -0.4 is 0 Å². The van der Waals surface area contributed by atoms with E-state index in [1.165, 1.54) is 0 Å². The van der Waals surface area contributed by atoms with Gasteiger partial charge in [0.1, 0.15) is 33.5 Å². The van der Waals surface area contributed by atoms with E-state index in [4.69, 9.17) is 53.1 Å². The van der Waals surface area contributed by atoms with Gasteiger partial charge in [0.2, 0.25) is 0 Å². The van der Waals surface area contributed by atoms with Crippen LogP contribution in [0.2, 0.25) is 0 Å². The van der Waals surface area contributed by atoms with E-state index < -0.39 is 0 Å². The highest BCUT2D eigenvalue weighted by Gasteiger charge is 2.25. The topological polar surface area (TPSA) is 214 Å². The lowest BCUT2D eigenvalue weighted by Gasteiger charge is -2.11. The molecular weight excluding hydrogens is 1680 g/mol. The number of fused-ring (bicyclic) bond motifs is 18. The molecule has 0 fully saturated rings. The molecule has 0 saturated heterocycles. The van der Waals surface area contributed by atoms with Crippen molar-refractivity contribution in [3.05, 3.63) is 447 Å². The van der Waals surface area contributed by atoms with E-state index in [0.29, 0.717) is 51.6 Å². The van der Waals surface area contributed by atoms with Gasteiger partial charge in [0.05, 0.1) is 57.3 Å². The summed E-state index contributed by atoms with van der Waals surface area (Å²) in [6.45, 7) is 0. The van der Waals surface area contributed by atoms with Gasteiger partial charge >= 0.3 is 0 Å². The number of furan rings is 3. The quantitative estimate of drug-likeness (QED) is 0.104. The lowest BCUT2D eigenvalue weighted by molar-refractivity contribution is 0.672. The van der Waals surface area contributed by atoms with Gasteiger partial charge in [-0.2, -0.15) is 15.8 Å². The van der Waals surface area contributed by atoms with Gasteiger partial charge in [0, 0.05) is 120 Å². The van der Waals surface area contributed by atoms with Crippen LogP contribution in [-0.2, 0) is 0 Å². The Labute approximate surface area is 784 Å². The number of nitrogens with zero attached hydrogens (tertiary/aromatic N) is 11. The zero-order valence-electron chi connectivity index (χ0n) is 73.1. The SMILES string of the molecule is N#Cc1cc2c(oc3cccc(-c4ccc(-c5nc(-c6ccccc6)nc(-c6cccc(-c7ccccc7)c6)n5)cc4)c32)c2ccccc12.N#Cc1cc2c(oc3cccc(-c4ccc5ccc6ccc(-c7ccccc7)nc6c5n4)c32)c2ccccc12.N#Cc1cc2c(oc3cccc(-c4cccc(-c5cccc(-c6nc(-c7ccccc7)nc(-c7ccccc7)n6)c5)c4)c32)c2ccccc12. The molecule has 7 aromatic heterocycles. The average Bonchev–Trinajstić information content (AvgIpc) is 1.60. The molecule has 0 atom stereocenters. The number of benzene rings is 19. The van der Waals surface area contributed by atoms with Crippen molar-refractivity contribution in [2.45, 2.75) is 0 Å². The standard InChI is InChI=1S/2C44H26N4O.C35H19N3O/c45-27-34-26-38-40-36(22-11-23-39(40)49-41(38)37-21-8-7-20-35(34)37)32-18-9-16-30(24-32)31-17-10-19-33(25-31)44-47-42(28-12-3-1-4-13-28)46-43(48-44)29-14-5-2-6-15-29;45-27-34-26-38-40-36(19-10-20-39(40)49-41(38)37-18-8-7-17-35(34)37)29-21-23-31(24-22-29)43-46-42(30-13-5-2-6-14-30)47-44(48-43)33-16-9-15-32(25-33)28-11-3-1-4-12-28;36-20-24-19-28-32-27(11-6-12-31(32)39-35(28)26-10-5-4-9-25(24)26)30-18-16-23-14-13-22-15-17-29(21-7-2-1-3-8-21)37-33(22)34(23)38-30/h2*1-26H;1-19H. The summed E-state index contributed by atoms with van der Waals surface area (Å²) in [4.78, 5) is 39.8. The van der Waals surface area contributed by atoms with Crippen molar-refractivity contribution < 1.29 is 13.3 Å². The maximum Gasteiger partial charge on any atom is 0.164 e. The summed E-state index contributed by atoms with van der Waals surface area (Å²) >= 11 is 0. The number of aromatic nitrogens is 8. The van der Waals surface area contributed by atoms with Crippen LogP contribution in [0.4, 0.5) is 0 Å². The number of pyridine rings is 2. The normalized spacial score (nSPS) is 11.3. The second-order valence-corrected chi connectivity index (χ2v) is 33.6. The first-order valence-electron chi connectivity index (χ1n) is 45.0. The van der Waals surface area contributed by atoms with Crippen LogP contribution in [0.15, 0.2) is 444 Å². The van der Waals surface area contributed by atoms with E-state index in [2.05, 4.69) is 170 Å². The molecule has 14 nitrogen and oxygen atoms in total. The van der Waals surface area contributed by atoms with Crippen molar-refractivity contribution in [1.82, 2.24) is 39.9 Å². The van der Waals surface area contributed by atoms with Crippen LogP contribution in [0.3, 0.4) is 0 Å². The van der Waals surface area contributed by atoms with Gasteiger partial charge in [-0.25, -0.2) is 39.9 Å².